The third-order valence-electron chi connectivity index (χ3n) is 2.07. The van der Waals surface area contributed by atoms with Gasteiger partial charge in [0.2, 0.25) is 0 Å². The number of aromatic nitrogens is 2. The number of carbonyl (C=O) groups is 1. The largest absolute Gasteiger partial charge is 0.435 e. The molecule has 0 saturated heterocycles. The van der Waals surface area contributed by atoms with Gasteiger partial charge in [0, 0.05) is 12.1 Å². The van der Waals surface area contributed by atoms with Crippen molar-refractivity contribution in [2.75, 3.05) is 0 Å². The molecule has 1 atom stereocenters. The number of aryl methyl sites for hydroxylation is 1. The van der Waals surface area contributed by atoms with Crippen LogP contribution in [0.25, 0.3) is 0 Å². The molecule has 0 bridgehead atoms. The molecular weight excluding hydrogens is 209 g/mol. The van der Waals surface area contributed by atoms with Crippen LogP contribution in [-0.4, -0.2) is 16.1 Å². The molecule has 0 aliphatic rings. The molecule has 1 aromatic heterocycles. The Morgan fingerprint density at radius 2 is 2.20 bits per heavy atom. The van der Waals surface area contributed by atoms with Gasteiger partial charge < -0.3 is 4.79 Å². The fraction of sp³-hybridized carbons (Fsp3) is 0.556. The zero-order chi connectivity index (χ0) is 11.6. The van der Waals surface area contributed by atoms with Crippen LogP contribution in [0.5, 0.6) is 0 Å². The first-order valence-corrected chi connectivity index (χ1v) is 4.43. The molecule has 0 aliphatic heterocycles. The number of carbonyl (C=O) groups excluding carboxylic acids is 1. The standard InChI is InChI=1S/C9H11F3N2O/c1-6(3-4-15)14-7(2)5-8(13-14)9(10,11)12/h4-6H,3H2,1-2H3. The molecule has 0 fully saturated rings. The molecule has 1 rings (SSSR count). The summed E-state index contributed by atoms with van der Waals surface area (Å²) in [5.74, 6) is 0. The van der Waals surface area contributed by atoms with Crippen LogP contribution in [0.3, 0.4) is 0 Å². The molecule has 1 aromatic rings. The van der Waals surface area contributed by atoms with E-state index < -0.39 is 11.9 Å². The zero-order valence-corrected chi connectivity index (χ0v) is 8.38. The van der Waals surface area contributed by atoms with Crippen LogP contribution in [-0.2, 0) is 11.0 Å². The third-order valence-corrected chi connectivity index (χ3v) is 2.07. The summed E-state index contributed by atoms with van der Waals surface area (Å²) in [5, 5.41) is 3.43. The van der Waals surface area contributed by atoms with E-state index in [9.17, 15) is 18.0 Å². The summed E-state index contributed by atoms with van der Waals surface area (Å²) >= 11 is 0. The van der Waals surface area contributed by atoms with E-state index in [4.69, 9.17) is 0 Å². The molecule has 0 aromatic carbocycles. The van der Waals surface area contributed by atoms with E-state index in [0.717, 1.165) is 6.07 Å². The van der Waals surface area contributed by atoms with Gasteiger partial charge in [0.1, 0.15) is 6.29 Å². The Morgan fingerprint density at radius 3 is 2.60 bits per heavy atom. The molecular formula is C9H11F3N2O. The summed E-state index contributed by atoms with van der Waals surface area (Å²) in [6, 6.07) is 0.625. The molecule has 6 heteroatoms. The van der Waals surface area contributed by atoms with Gasteiger partial charge in [-0.2, -0.15) is 18.3 Å². The smallest absolute Gasteiger partial charge is 0.303 e. The van der Waals surface area contributed by atoms with Gasteiger partial charge in [-0.25, -0.2) is 0 Å². The monoisotopic (exact) mass is 220 g/mol. The summed E-state index contributed by atoms with van der Waals surface area (Å²) in [7, 11) is 0. The highest BCUT2D eigenvalue weighted by atomic mass is 19.4. The van der Waals surface area contributed by atoms with Gasteiger partial charge in [0.25, 0.3) is 0 Å². The zero-order valence-electron chi connectivity index (χ0n) is 8.38. The third kappa shape index (κ3) is 2.57. The van der Waals surface area contributed by atoms with Gasteiger partial charge >= 0.3 is 6.18 Å². The van der Waals surface area contributed by atoms with E-state index in [1.54, 1.807) is 6.92 Å². The van der Waals surface area contributed by atoms with Crippen molar-refractivity contribution in [3.05, 3.63) is 17.5 Å². The van der Waals surface area contributed by atoms with Gasteiger partial charge in [-0.05, 0) is 19.9 Å². The van der Waals surface area contributed by atoms with Crippen molar-refractivity contribution in [3.8, 4) is 0 Å². The molecule has 1 heterocycles. The molecule has 84 valence electrons. The van der Waals surface area contributed by atoms with Crippen LogP contribution in [0.2, 0.25) is 0 Å². The number of halogens is 3. The normalized spacial score (nSPS) is 13.9. The first-order valence-electron chi connectivity index (χ1n) is 4.43. The van der Waals surface area contributed by atoms with Crippen LogP contribution in [0.15, 0.2) is 6.07 Å². The van der Waals surface area contributed by atoms with Crippen LogP contribution in [0.4, 0.5) is 13.2 Å². The fourth-order valence-electron chi connectivity index (χ4n) is 1.31. The minimum Gasteiger partial charge on any atom is -0.303 e. The molecule has 0 amide bonds. The van der Waals surface area contributed by atoms with Gasteiger partial charge in [0.15, 0.2) is 5.69 Å². The SMILES string of the molecule is Cc1cc(C(F)(F)F)nn1C(C)CC=O. The van der Waals surface area contributed by atoms with E-state index in [0.29, 0.717) is 12.0 Å². The Hall–Kier alpha value is -1.33. The number of rotatable bonds is 3. The number of hydrogen-bond donors (Lipinski definition) is 0. The molecule has 0 spiro atoms. The predicted molar refractivity (Wildman–Crippen MR) is 47.4 cm³/mol. The lowest BCUT2D eigenvalue weighted by molar-refractivity contribution is -0.141. The average molecular weight is 220 g/mol. The van der Waals surface area contributed by atoms with Gasteiger partial charge in [-0.3, -0.25) is 4.68 Å². The predicted octanol–water partition coefficient (Wildman–Crippen LogP) is 2.36. The summed E-state index contributed by atoms with van der Waals surface area (Å²) in [6.45, 7) is 3.18. The number of alkyl halides is 3. The minimum absolute atomic E-state index is 0.153. The molecule has 0 N–H and O–H groups in total. The van der Waals surface area contributed by atoms with Crippen molar-refractivity contribution >= 4 is 6.29 Å². The average Bonchev–Trinajstić information content (AvgIpc) is 2.47. The molecule has 15 heavy (non-hydrogen) atoms. The topological polar surface area (TPSA) is 34.9 Å². The maximum absolute atomic E-state index is 12.3. The van der Waals surface area contributed by atoms with Crippen LogP contribution >= 0.6 is 0 Å². The number of aldehydes is 1. The number of hydrogen-bond acceptors (Lipinski definition) is 2. The highest BCUT2D eigenvalue weighted by Gasteiger charge is 2.34. The van der Waals surface area contributed by atoms with Crippen molar-refractivity contribution in [2.24, 2.45) is 0 Å². The first kappa shape index (κ1) is 11.7. The summed E-state index contributed by atoms with van der Waals surface area (Å²) in [6.07, 6.45) is -3.62. The number of nitrogens with zero attached hydrogens (tertiary/aromatic N) is 2. The molecule has 3 nitrogen and oxygen atoms in total. The Balaban J connectivity index is 3.01. The maximum atomic E-state index is 12.3. The molecule has 0 aliphatic carbocycles. The minimum atomic E-state index is -4.43. The second-order valence-electron chi connectivity index (χ2n) is 3.36. The Bertz CT molecular complexity index is 357. The van der Waals surface area contributed by atoms with E-state index >= 15 is 0 Å². The lowest BCUT2D eigenvalue weighted by Crippen LogP contribution is -2.12. The summed E-state index contributed by atoms with van der Waals surface area (Å²) in [5.41, 5.74) is -0.519. The maximum Gasteiger partial charge on any atom is 0.435 e. The van der Waals surface area contributed by atoms with Crippen LogP contribution in [0, 0.1) is 6.92 Å². The van der Waals surface area contributed by atoms with Gasteiger partial charge in [-0.1, -0.05) is 0 Å². The van der Waals surface area contributed by atoms with Crippen LogP contribution < -0.4 is 0 Å². The van der Waals surface area contributed by atoms with Gasteiger partial charge in [-0.15, -0.1) is 0 Å². The van der Waals surface area contributed by atoms with Gasteiger partial charge in [0.05, 0.1) is 6.04 Å². The molecule has 1 unspecified atom stereocenters. The van der Waals surface area contributed by atoms with Crippen molar-refractivity contribution < 1.29 is 18.0 Å². The highest BCUT2D eigenvalue weighted by Crippen LogP contribution is 2.29. The lowest BCUT2D eigenvalue weighted by Gasteiger charge is -2.10. The summed E-state index contributed by atoms with van der Waals surface area (Å²) in [4.78, 5) is 10.2. The first-order chi connectivity index (χ1) is 6.86. The van der Waals surface area contributed by atoms with E-state index in [1.165, 1.54) is 11.6 Å². The Kier molecular flexibility index (Phi) is 3.16. The summed E-state index contributed by atoms with van der Waals surface area (Å²) < 4.78 is 38.1. The second kappa shape index (κ2) is 4.04. The van der Waals surface area contributed by atoms with Crippen molar-refractivity contribution in [1.29, 1.82) is 0 Å². The molecule has 0 radical (unpaired) electrons. The molecule has 0 saturated carbocycles. The van der Waals surface area contributed by atoms with E-state index in [2.05, 4.69) is 5.10 Å². The van der Waals surface area contributed by atoms with Crippen molar-refractivity contribution in [1.82, 2.24) is 9.78 Å². The fourth-order valence-corrected chi connectivity index (χ4v) is 1.31. The van der Waals surface area contributed by atoms with E-state index in [-0.39, 0.29) is 12.5 Å². The van der Waals surface area contributed by atoms with Crippen molar-refractivity contribution in [2.45, 2.75) is 32.5 Å². The quantitative estimate of drug-likeness (QED) is 0.733. The Labute approximate surface area is 84.9 Å². The van der Waals surface area contributed by atoms with Crippen LogP contribution in [0.1, 0.15) is 30.8 Å². The lowest BCUT2D eigenvalue weighted by atomic mass is 10.2. The van der Waals surface area contributed by atoms with Crippen molar-refractivity contribution in [3.63, 3.8) is 0 Å². The Morgan fingerprint density at radius 1 is 1.60 bits per heavy atom. The van der Waals surface area contributed by atoms with E-state index in [1.807, 2.05) is 0 Å². The highest BCUT2D eigenvalue weighted by molar-refractivity contribution is 5.49. The second-order valence-corrected chi connectivity index (χ2v) is 3.36.